The average molecular weight is 479 g/mol. The predicted octanol–water partition coefficient (Wildman–Crippen LogP) is 7.50. The van der Waals surface area contributed by atoms with E-state index in [0.29, 0.717) is 11.8 Å². The fraction of sp³-hybridized carbons (Fsp3) is 0.483. The van der Waals surface area contributed by atoms with Gasteiger partial charge in [0.05, 0.1) is 0 Å². The second-order valence-electron chi connectivity index (χ2n) is 9.93. The highest BCUT2D eigenvalue weighted by Crippen LogP contribution is 2.37. The largest absolute Gasteiger partial charge is 0.422 e. The molecule has 0 spiro atoms. The Morgan fingerprint density at radius 1 is 1.03 bits per heavy atom. The van der Waals surface area contributed by atoms with E-state index in [-0.39, 0.29) is 11.4 Å². The van der Waals surface area contributed by atoms with Gasteiger partial charge in [-0.25, -0.2) is 18.6 Å². The van der Waals surface area contributed by atoms with Crippen molar-refractivity contribution in [1.82, 2.24) is 4.98 Å². The van der Waals surface area contributed by atoms with Crippen LogP contribution in [0.3, 0.4) is 0 Å². The van der Waals surface area contributed by atoms with E-state index in [1.54, 1.807) is 12.3 Å². The Morgan fingerprint density at radius 3 is 2.14 bits per heavy atom. The lowest BCUT2D eigenvalue weighted by atomic mass is 9.77. The molecule has 2 aliphatic rings. The molecule has 0 aliphatic heterocycles. The van der Waals surface area contributed by atoms with Gasteiger partial charge in [0.15, 0.2) is 0 Å². The van der Waals surface area contributed by atoms with E-state index in [0.717, 1.165) is 55.2 Å². The number of carbonyl (C=O) groups is 1. The standard InChI is InChI=1S/C29H32F2N2O2/c1-2-19-3-5-20(6-4-19)7-8-21-9-11-22(12-10-21)23-13-14-28(33-18-23)29(34)35-24-15-26(30)25(17-32)27(31)16-24/h7-8,13-16,18-22H,2-6,9-12H2,1H3/b8-7+. The molecule has 2 saturated carbocycles. The Hall–Kier alpha value is -3.07. The average Bonchev–Trinajstić information content (AvgIpc) is 2.88. The van der Waals surface area contributed by atoms with Crippen molar-refractivity contribution in [3.63, 3.8) is 0 Å². The van der Waals surface area contributed by atoms with Gasteiger partial charge in [0.25, 0.3) is 0 Å². The monoisotopic (exact) mass is 478 g/mol. The molecule has 2 aromatic rings. The lowest BCUT2D eigenvalue weighted by molar-refractivity contribution is 0.0727. The van der Waals surface area contributed by atoms with Crippen LogP contribution >= 0.6 is 0 Å². The minimum atomic E-state index is -1.08. The second kappa shape index (κ2) is 11.6. The SMILES string of the molecule is CCC1CCC(/C=C/C2CCC(c3ccc(C(=O)Oc4cc(F)c(C#N)c(F)c4)nc3)CC2)CC1. The van der Waals surface area contributed by atoms with Crippen molar-refractivity contribution >= 4 is 5.97 Å². The summed E-state index contributed by atoms with van der Waals surface area (Å²) in [6.07, 6.45) is 17.9. The van der Waals surface area contributed by atoms with Gasteiger partial charge in [-0.3, -0.25) is 0 Å². The Morgan fingerprint density at radius 2 is 1.63 bits per heavy atom. The molecule has 1 aromatic heterocycles. The number of nitrogens with zero attached hydrogens (tertiary/aromatic N) is 2. The maximum atomic E-state index is 13.7. The smallest absolute Gasteiger partial charge is 0.362 e. The van der Waals surface area contributed by atoms with Gasteiger partial charge < -0.3 is 4.74 Å². The van der Waals surface area contributed by atoms with Crippen molar-refractivity contribution in [2.45, 2.75) is 70.6 Å². The molecular formula is C29H32F2N2O2. The molecule has 0 bridgehead atoms. The number of pyridine rings is 1. The molecule has 1 heterocycles. The van der Waals surface area contributed by atoms with Gasteiger partial charge in [-0.15, -0.1) is 0 Å². The number of ether oxygens (including phenoxy) is 1. The van der Waals surface area contributed by atoms with E-state index >= 15 is 0 Å². The highest BCUT2D eigenvalue weighted by atomic mass is 19.1. The van der Waals surface area contributed by atoms with Crippen LogP contribution in [0.1, 0.15) is 92.2 Å². The first-order valence-corrected chi connectivity index (χ1v) is 12.7. The highest BCUT2D eigenvalue weighted by molar-refractivity contribution is 5.89. The van der Waals surface area contributed by atoms with Crippen molar-refractivity contribution in [2.75, 3.05) is 0 Å². The Balaban J connectivity index is 1.27. The number of halogens is 2. The van der Waals surface area contributed by atoms with Crippen molar-refractivity contribution in [3.05, 3.63) is 71.1 Å². The molecule has 1 aromatic carbocycles. The summed E-state index contributed by atoms with van der Waals surface area (Å²) in [6.45, 7) is 2.30. The highest BCUT2D eigenvalue weighted by Gasteiger charge is 2.23. The first kappa shape index (κ1) is 25.0. The molecule has 0 radical (unpaired) electrons. The maximum Gasteiger partial charge on any atom is 0.362 e. The number of esters is 1. The Bertz CT molecular complexity index is 1070. The zero-order chi connectivity index (χ0) is 24.8. The summed E-state index contributed by atoms with van der Waals surface area (Å²) in [6, 6.07) is 6.54. The Labute approximate surface area is 206 Å². The van der Waals surface area contributed by atoms with Gasteiger partial charge in [-0.2, -0.15) is 5.26 Å². The molecule has 0 atom stereocenters. The van der Waals surface area contributed by atoms with E-state index in [1.165, 1.54) is 38.2 Å². The number of rotatable bonds is 6. The quantitative estimate of drug-likeness (QED) is 0.245. The third-order valence-corrected chi connectivity index (χ3v) is 7.70. The fourth-order valence-corrected chi connectivity index (χ4v) is 5.39. The van der Waals surface area contributed by atoms with Crippen molar-refractivity contribution in [2.24, 2.45) is 17.8 Å². The summed E-state index contributed by atoms with van der Waals surface area (Å²) in [4.78, 5) is 16.6. The van der Waals surface area contributed by atoms with Gasteiger partial charge in [0.1, 0.15) is 34.7 Å². The molecule has 184 valence electrons. The molecule has 35 heavy (non-hydrogen) atoms. The van der Waals surface area contributed by atoms with Crippen LogP contribution in [-0.4, -0.2) is 11.0 Å². The molecule has 0 unspecified atom stereocenters. The summed E-state index contributed by atoms with van der Waals surface area (Å²) in [7, 11) is 0. The molecule has 0 N–H and O–H groups in total. The summed E-state index contributed by atoms with van der Waals surface area (Å²) in [5, 5.41) is 8.74. The number of benzene rings is 1. The predicted molar refractivity (Wildman–Crippen MR) is 130 cm³/mol. The molecule has 4 rings (SSSR count). The van der Waals surface area contributed by atoms with Crippen molar-refractivity contribution < 1.29 is 18.3 Å². The topological polar surface area (TPSA) is 63.0 Å². The molecule has 0 saturated heterocycles. The summed E-state index contributed by atoms with van der Waals surface area (Å²) in [5.41, 5.74) is 0.447. The minimum Gasteiger partial charge on any atom is -0.422 e. The number of hydrogen-bond donors (Lipinski definition) is 0. The molecule has 2 fully saturated rings. The van der Waals surface area contributed by atoms with Crippen LogP contribution in [-0.2, 0) is 0 Å². The number of carbonyl (C=O) groups excluding carboxylic acids is 1. The molecule has 0 amide bonds. The van der Waals surface area contributed by atoms with Crippen LogP contribution in [0, 0.1) is 40.7 Å². The van der Waals surface area contributed by atoms with Gasteiger partial charge in [0.2, 0.25) is 0 Å². The van der Waals surface area contributed by atoms with E-state index < -0.39 is 23.2 Å². The van der Waals surface area contributed by atoms with Gasteiger partial charge >= 0.3 is 5.97 Å². The zero-order valence-corrected chi connectivity index (χ0v) is 20.2. The van der Waals surface area contributed by atoms with Gasteiger partial charge in [-0.1, -0.05) is 31.6 Å². The van der Waals surface area contributed by atoms with Crippen LogP contribution in [0.5, 0.6) is 5.75 Å². The molecule has 2 aliphatic carbocycles. The van der Waals surface area contributed by atoms with Crippen LogP contribution in [0.15, 0.2) is 42.6 Å². The molecule has 4 nitrogen and oxygen atoms in total. The minimum absolute atomic E-state index is 0.0633. The summed E-state index contributed by atoms with van der Waals surface area (Å²) < 4.78 is 32.5. The normalized spacial score (nSPS) is 24.7. The number of allylic oxidation sites excluding steroid dienone is 2. The van der Waals surface area contributed by atoms with E-state index in [1.807, 2.05) is 6.07 Å². The summed E-state index contributed by atoms with van der Waals surface area (Å²) in [5.74, 6) is -0.518. The van der Waals surface area contributed by atoms with E-state index in [4.69, 9.17) is 10.00 Å². The lowest BCUT2D eigenvalue weighted by Crippen LogP contribution is -2.15. The molecule has 6 heteroatoms. The lowest BCUT2D eigenvalue weighted by Gasteiger charge is -2.28. The third-order valence-electron chi connectivity index (χ3n) is 7.70. The molecular weight excluding hydrogens is 446 g/mol. The maximum absolute atomic E-state index is 13.7. The number of aromatic nitrogens is 1. The zero-order valence-electron chi connectivity index (χ0n) is 20.2. The fourth-order valence-electron chi connectivity index (χ4n) is 5.39. The van der Waals surface area contributed by atoms with E-state index in [9.17, 15) is 13.6 Å². The van der Waals surface area contributed by atoms with E-state index in [2.05, 4.69) is 24.1 Å². The van der Waals surface area contributed by atoms with Crippen LogP contribution < -0.4 is 4.74 Å². The van der Waals surface area contributed by atoms with Crippen LogP contribution in [0.2, 0.25) is 0 Å². The summed E-state index contributed by atoms with van der Waals surface area (Å²) >= 11 is 0. The number of hydrogen-bond acceptors (Lipinski definition) is 4. The Kier molecular flexibility index (Phi) is 8.28. The number of nitriles is 1. The first-order chi connectivity index (χ1) is 17.0. The van der Waals surface area contributed by atoms with Crippen LogP contribution in [0.25, 0.3) is 0 Å². The van der Waals surface area contributed by atoms with Crippen molar-refractivity contribution in [1.29, 1.82) is 5.26 Å². The third kappa shape index (κ3) is 6.33. The first-order valence-electron chi connectivity index (χ1n) is 12.7. The van der Waals surface area contributed by atoms with Gasteiger partial charge in [-0.05, 0) is 86.7 Å². The van der Waals surface area contributed by atoms with Gasteiger partial charge in [0, 0.05) is 18.3 Å². The van der Waals surface area contributed by atoms with Crippen molar-refractivity contribution in [3.8, 4) is 11.8 Å². The van der Waals surface area contributed by atoms with Crippen LogP contribution in [0.4, 0.5) is 8.78 Å². The second-order valence-corrected chi connectivity index (χ2v) is 9.93.